The molecular formula is C14H22O3. The number of hydrogen-bond acceptors (Lipinski definition) is 3. The van der Waals surface area contributed by atoms with Gasteiger partial charge in [-0.15, -0.1) is 0 Å². The number of ether oxygens (including phenoxy) is 2. The Balaban J connectivity index is 2.79. The van der Waals surface area contributed by atoms with Gasteiger partial charge in [-0.1, -0.05) is 25.5 Å². The standard InChI is InChI=1S/C14H22O3/c1-4-7-13(16-3)14(15)11-8-6-9-12(10-11)17-5-2/h6,8-10,13-15H,4-5,7H2,1-3H3. The summed E-state index contributed by atoms with van der Waals surface area (Å²) in [5.41, 5.74) is 0.844. The van der Waals surface area contributed by atoms with Gasteiger partial charge in [0, 0.05) is 7.11 Å². The molecule has 1 aromatic carbocycles. The third-order valence-electron chi connectivity index (χ3n) is 2.74. The Morgan fingerprint density at radius 2 is 2.06 bits per heavy atom. The maximum absolute atomic E-state index is 10.2. The Morgan fingerprint density at radius 1 is 1.29 bits per heavy atom. The van der Waals surface area contributed by atoms with Gasteiger partial charge in [0.25, 0.3) is 0 Å². The fourth-order valence-corrected chi connectivity index (χ4v) is 1.86. The summed E-state index contributed by atoms with van der Waals surface area (Å²) in [6, 6.07) is 7.55. The van der Waals surface area contributed by atoms with Gasteiger partial charge in [0.15, 0.2) is 0 Å². The summed E-state index contributed by atoms with van der Waals surface area (Å²) < 4.78 is 10.7. The largest absolute Gasteiger partial charge is 0.494 e. The minimum absolute atomic E-state index is 0.156. The molecule has 1 aromatic rings. The molecule has 0 aromatic heterocycles. The summed E-state index contributed by atoms with van der Waals surface area (Å²) in [5.74, 6) is 0.787. The van der Waals surface area contributed by atoms with Crippen LogP contribution in [0.15, 0.2) is 24.3 Å². The van der Waals surface area contributed by atoms with Crippen molar-refractivity contribution in [2.24, 2.45) is 0 Å². The van der Waals surface area contributed by atoms with E-state index in [0.717, 1.165) is 24.2 Å². The molecule has 0 radical (unpaired) electrons. The molecular weight excluding hydrogens is 216 g/mol. The van der Waals surface area contributed by atoms with Crippen molar-refractivity contribution in [3.05, 3.63) is 29.8 Å². The lowest BCUT2D eigenvalue weighted by atomic mass is 10.0. The number of hydrogen-bond donors (Lipinski definition) is 1. The molecule has 0 fully saturated rings. The zero-order valence-corrected chi connectivity index (χ0v) is 10.8. The lowest BCUT2D eigenvalue weighted by Crippen LogP contribution is -2.20. The van der Waals surface area contributed by atoms with Gasteiger partial charge in [-0.25, -0.2) is 0 Å². The monoisotopic (exact) mass is 238 g/mol. The summed E-state index contributed by atoms with van der Waals surface area (Å²) in [6.45, 7) is 4.65. The molecule has 0 saturated carbocycles. The van der Waals surface area contributed by atoms with E-state index in [1.54, 1.807) is 7.11 Å². The number of benzene rings is 1. The highest BCUT2D eigenvalue weighted by Crippen LogP contribution is 2.25. The first-order chi connectivity index (χ1) is 8.22. The van der Waals surface area contributed by atoms with Gasteiger partial charge in [0.2, 0.25) is 0 Å². The van der Waals surface area contributed by atoms with Gasteiger partial charge in [-0.2, -0.15) is 0 Å². The van der Waals surface area contributed by atoms with Crippen molar-refractivity contribution in [3.63, 3.8) is 0 Å². The molecule has 0 bridgehead atoms. The molecule has 0 spiro atoms. The number of aliphatic hydroxyl groups is 1. The first-order valence-corrected chi connectivity index (χ1v) is 6.16. The van der Waals surface area contributed by atoms with E-state index in [9.17, 15) is 5.11 Å². The summed E-state index contributed by atoms with van der Waals surface area (Å²) in [6.07, 6.45) is 1.08. The molecule has 0 saturated heterocycles. The van der Waals surface area contributed by atoms with E-state index >= 15 is 0 Å². The van der Waals surface area contributed by atoms with Gasteiger partial charge >= 0.3 is 0 Å². The lowest BCUT2D eigenvalue weighted by molar-refractivity contribution is -0.0180. The van der Waals surface area contributed by atoms with Crippen molar-refractivity contribution in [3.8, 4) is 5.75 Å². The average Bonchev–Trinajstić information content (AvgIpc) is 2.36. The Morgan fingerprint density at radius 3 is 2.65 bits per heavy atom. The Bertz CT molecular complexity index is 325. The number of rotatable bonds is 7. The Labute approximate surface area is 103 Å². The fraction of sp³-hybridized carbons (Fsp3) is 0.571. The number of methoxy groups -OCH3 is 1. The topological polar surface area (TPSA) is 38.7 Å². The number of aliphatic hydroxyl groups excluding tert-OH is 1. The zero-order chi connectivity index (χ0) is 12.7. The highest BCUT2D eigenvalue weighted by atomic mass is 16.5. The van der Waals surface area contributed by atoms with E-state index in [1.165, 1.54) is 0 Å². The average molecular weight is 238 g/mol. The maximum atomic E-state index is 10.2. The normalized spacial score (nSPS) is 14.4. The quantitative estimate of drug-likeness (QED) is 0.793. The van der Waals surface area contributed by atoms with E-state index < -0.39 is 6.10 Å². The van der Waals surface area contributed by atoms with Gasteiger partial charge in [0.05, 0.1) is 12.7 Å². The minimum Gasteiger partial charge on any atom is -0.494 e. The molecule has 3 nitrogen and oxygen atoms in total. The first kappa shape index (κ1) is 14.0. The molecule has 96 valence electrons. The van der Waals surface area contributed by atoms with E-state index in [4.69, 9.17) is 9.47 Å². The van der Waals surface area contributed by atoms with E-state index in [0.29, 0.717) is 6.61 Å². The second-order valence-electron chi connectivity index (χ2n) is 4.01. The molecule has 3 heteroatoms. The van der Waals surface area contributed by atoms with Crippen LogP contribution in [-0.4, -0.2) is 24.9 Å². The summed E-state index contributed by atoms with van der Waals surface area (Å²) in [7, 11) is 1.63. The van der Waals surface area contributed by atoms with Crippen molar-refractivity contribution >= 4 is 0 Å². The zero-order valence-electron chi connectivity index (χ0n) is 10.8. The van der Waals surface area contributed by atoms with Crippen LogP contribution in [0.5, 0.6) is 5.75 Å². The molecule has 0 aliphatic rings. The van der Waals surface area contributed by atoms with Gasteiger partial charge in [-0.3, -0.25) is 0 Å². The highest BCUT2D eigenvalue weighted by molar-refractivity contribution is 5.30. The van der Waals surface area contributed by atoms with Gasteiger partial charge in [0.1, 0.15) is 11.9 Å². The Hall–Kier alpha value is -1.06. The van der Waals surface area contributed by atoms with Gasteiger partial charge in [-0.05, 0) is 31.0 Å². The van der Waals surface area contributed by atoms with Crippen molar-refractivity contribution in [1.82, 2.24) is 0 Å². The van der Waals surface area contributed by atoms with Crippen LogP contribution in [0.3, 0.4) is 0 Å². The third-order valence-corrected chi connectivity index (χ3v) is 2.74. The molecule has 2 atom stereocenters. The molecule has 17 heavy (non-hydrogen) atoms. The third kappa shape index (κ3) is 4.02. The van der Waals surface area contributed by atoms with Crippen molar-refractivity contribution in [1.29, 1.82) is 0 Å². The van der Waals surface area contributed by atoms with E-state index in [1.807, 2.05) is 31.2 Å². The minimum atomic E-state index is -0.597. The van der Waals surface area contributed by atoms with Crippen LogP contribution >= 0.6 is 0 Å². The second kappa shape index (κ2) is 7.30. The predicted octanol–water partition coefficient (Wildman–Crippen LogP) is 2.93. The van der Waals surface area contributed by atoms with Crippen molar-refractivity contribution in [2.75, 3.05) is 13.7 Å². The van der Waals surface area contributed by atoms with Crippen LogP contribution in [0.25, 0.3) is 0 Å². The molecule has 0 aliphatic carbocycles. The van der Waals surface area contributed by atoms with Crippen LogP contribution in [0.2, 0.25) is 0 Å². The Kier molecular flexibility index (Phi) is 6.01. The van der Waals surface area contributed by atoms with Crippen LogP contribution < -0.4 is 4.74 Å². The SMILES string of the molecule is CCCC(OC)C(O)c1cccc(OCC)c1. The lowest BCUT2D eigenvalue weighted by Gasteiger charge is -2.21. The summed E-state index contributed by atoms with van der Waals surface area (Å²) in [5, 5.41) is 10.2. The second-order valence-corrected chi connectivity index (χ2v) is 4.01. The van der Waals surface area contributed by atoms with Crippen molar-refractivity contribution < 1.29 is 14.6 Å². The molecule has 0 heterocycles. The van der Waals surface area contributed by atoms with Crippen LogP contribution in [0, 0.1) is 0 Å². The molecule has 2 unspecified atom stereocenters. The summed E-state index contributed by atoms with van der Waals surface area (Å²) >= 11 is 0. The molecule has 0 amide bonds. The predicted molar refractivity (Wildman–Crippen MR) is 68.3 cm³/mol. The van der Waals surface area contributed by atoms with Crippen molar-refractivity contribution in [2.45, 2.75) is 38.9 Å². The molecule has 1 N–H and O–H groups in total. The highest BCUT2D eigenvalue weighted by Gasteiger charge is 2.19. The van der Waals surface area contributed by atoms with Crippen LogP contribution in [0.1, 0.15) is 38.4 Å². The first-order valence-electron chi connectivity index (χ1n) is 6.16. The van der Waals surface area contributed by atoms with E-state index in [-0.39, 0.29) is 6.10 Å². The van der Waals surface area contributed by atoms with Crippen LogP contribution in [0.4, 0.5) is 0 Å². The fourth-order valence-electron chi connectivity index (χ4n) is 1.86. The van der Waals surface area contributed by atoms with Crippen LogP contribution in [-0.2, 0) is 4.74 Å². The maximum Gasteiger partial charge on any atom is 0.119 e. The molecule has 0 aliphatic heterocycles. The van der Waals surface area contributed by atoms with Gasteiger partial charge < -0.3 is 14.6 Å². The smallest absolute Gasteiger partial charge is 0.119 e. The van der Waals surface area contributed by atoms with E-state index in [2.05, 4.69) is 6.92 Å². The summed E-state index contributed by atoms with van der Waals surface area (Å²) in [4.78, 5) is 0. The molecule has 1 rings (SSSR count).